The highest BCUT2D eigenvalue weighted by molar-refractivity contribution is 9.10. The van der Waals surface area contributed by atoms with Crippen LogP contribution in [-0.4, -0.2) is 121 Å². The van der Waals surface area contributed by atoms with E-state index < -0.39 is 7.12 Å². The molecule has 4 aromatic heterocycles. The second-order valence-corrected chi connectivity index (χ2v) is 25.8. The Hall–Kier alpha value is -10.2. The Bertz CT molecular complexity index is 4640. The normalized spacial score (nSPS) is 13.0. The quantitative estimate of drug-likeness (QED) is 0.0206. The number of carbonyl (C=O) groups is 6. The first-order valence-electron chi connectivity index (χ1n) is 34.6. The van der Waals surface area contributed by atoms with Gasteiger partial charge in [-0.1, -0.05) is 115 Å². The summed E-state index contributed by atoms with van der Waals surface area (Å²) in [6.07, 6.45) is 10.2. The van der Waals surface area contributed by atoms with Gasteiger partial charge in [-0.15, -0.1) is 0 Å². The number of amides is 4. The predicted molar refractivity (Wildman–Crippen MR) is 400 cm³/mol. The number of hydrogen-bond acceptors (Lipinski definition) is 16. The van der Waals surface area contributed by atoms with Gasteiger partial charge in [0.05, 0.1) is 34.5 Å². The number of rotatable bonds is 24. The minimum atomic E-state index is -1.50. The van der Waals surface area contributed by atoms with Gasteiger partial charge in [-0.2, -0.15) is 10.2 Å². The van der Waals surface area contributed by atoms with E-state index in [1.807, 2.05) is 97.1 Å². The Morgan fingerprint density at radius 1 is 0.529 bits per heavy atom. The number of hydrogen-bond donors (Lipinski definition) is 8. The Morgan fingerprint density at radius 2 is 0.941 bits per heavy atom. The first kappa shape index (κ1) is 74.5. The van der Waals surface area contributed by atoms with Gasteiger partial charge in [-0.25, -0.2) is 19.3 Å². The van der Waals surface area contributed by atoms with Crippen LogP contribution in [0.5, 0.6) is 0 Å². The molecule has 0 bridgehead atoms. The number of aromatic nitrogens is 6. The molecule has 0 atom stereocenters. The Balaban J connectivity index is 0.000000192. The molecule has 2 aliphatic heterocycles. The van der Waals surface area contributed by atoms with Crippen LogP contribution in [0, 0.1) is 13.8 Å². The van der Waals surface area contributed by atoms with Crippen LogP contribution in [-0.2, 0) is 61.6 Å². The number of aryl methyl sites for hydroxylation is 4. The number of nitrogens with zero attached hydrogens (tertiary/aromatic N) is 6. The summed E-state index contributed by atoms with van der Waals surface area (Å²) in [4.78, 5) is 84.5. The van der Waals surface area contributed by atoms with Crippen molar-refractivity contribution in [2.24, 2.45) is 0 Å². The fourth-order valence-electron chi connectivity index (χ4n) is 12.5. The summed E-state index contributed by atoms with van der Waals surface area (Å²) in [5, 5.41) is 48.0. The van der Waals surface area contributed by atoms with Gasteiger partial charge in [-0.05, 0) is 154 Å². The molecule has 4 amide bonds. The van der Waals surface area contributed by atoms with Gasteiger partial charge >= 0.3 is 7.12 Å². The number of halogens is 1. The van der Waals surface area contributed by atoms with Gasteiger partial charge in [-0.3, -0.25) is 28.8 Å². The first-order chi connectivity index (χ1) is 49.5. The van der Waals surface area contributed by atoms with E-state index >= 15 is 0 Å². The van der Waals surface area contributed by atoms with Crippen molar-refractivity contribution in [3.63, 3.8) is 0 Å². The molecular weight excluding hydrogens is 1360 g/mol. The molecule has 24 heteroatoms. The number of aldehydes is 2. The van der Waals surface area contributed by atoms with E-state index in [4.69, 9.17) is 29.5 Å². The van der Waals surface area contributed by atoms with Crippen LogP contribution in [0.3, 0.4) is 0 Å². The lowest BCUT2D eigenvalue weighted by Gasteiger charge is -2.26. The number of nitrogens with one attached hydrogen (secondary N) is 6. The van der Waals surface area contributed by atoms with Gasteiger partial charge in [0.15, 0.2) is 11.3 Å². The average Bonchev–Trinajstić information content (AvgIpc) is 1.59. The van der Waals surface area contributed by atoms with Gasteiger partial charge in [0.2, 0.25) is 0 Å². The van der Waals surface area contributed by atoms with E-state index in [0.29, 0.717) is 97.4 Å². The number of fused-ring (bicyclic) bond motifs is 2. The molecule has 0 radical (unpaired) electrons. The van der Waals surface area contributed by atoms with E-state index in [1.165, 1.54) is 12.1 Å². The number of carbonyl (C=O) groups excluding carboxylic acids is 6. The third-order valence-corrected chi connectivity index (χ3v) is 19.2. The Labute approximate surface area is 602 Å². The number of benzene rings is 6. The fourth-order valence-corrected chi connectivity index (χ4v) is 12.9. The molecule has 528 valence electrons. The molecule has 0 aliphatic carbocycles. The Kier molecular flexibility index (Phi) is 26.2. The van der Waals surface area contributed by atoms with Crippen molar-refractivity contribution in [3.05, 3.63) is 228 Å². The zero-order valence-corrected chi connectivity index (χ0v) is 59.9. The molecule has 0 unspecified atom stereocenters. The molecule has 8 N–H and O–H groups in total. The van der Waals surface area contributed by atoms with Crippen molar-refractivity contribution >= 4 is 98.2 Å². The highest BCUT2D eigenvalue weighted by atomic mass is 79.9. The molecule has 12 rings (SSSR count). The van der Waals surface area contributed by atoms with Crippen LogP contribution in [0.15, 0.2) is 150 Å². The van der Waals surface area contributed by atoms with Crippen LogP contribution < -0.4 is 37.4 Å². The lowest BCUT2D eigenvalue weighted by Crippen LogP contribution is -2.30. The minimum Gasteiger partial charge on any atom is -0.423 e. The van der Waals surface area contributed by atoms with Gasteiger partial charge < -0.3 is 51.4 Å². The third-order valence-electron chi connectivity index (χ3n) is 18.4. The van der Waals surface area contributed by atoms with Crippen molar-refractivity contribution in [1.29, 1.82) is 0 Å². The lowest BCUT2D eigenvalue weighted by atomic mass is 9.80. The predicted octanol–water partition coefficient (Wildman–Crippen LogP) is 11.0. The zero-order valence-electron chi connectivity index (χ0n) is 58.3. The monoisotopic (exact) mass is 1440 g/mol. The van der Waals surface area contributed by atoms with E-state index in [-0.39, 0.29) is 42.3 Å². The fraction of sp³-hybridized carbons (Fsp3) is 0.308. The summed E-state index contributed by atoms with van der Waals surface area (Å²) in [5.74, 6) is -1.04. The SMILES string of the molecule is CCc1nc2c(cnn2CC)c(NC2CCOCC2)c1CNC(=O)c1cccc(C(=O)NCc2cccc(-c3cccc(C=O)c3)c2C)c1.CCc1nc2c(cnn2CC)c(NC2CCOCC2)c1CNC(=O)c1cccc(C(=O)NCc2cccc(Br)c2C)c1.O=Cc1cccc(B(O)O)c1. The molecule has 2 fully saturated rings. The lowest BCUT2D eigenvalue weighted by molar-refractivity contribution is 0.0903. The van der Waals surface area contributed by atoms with Crippen molar-refractivity contribution in [3.8, 4) is 11.1 Å². The van der Waals surface area contributed by atoms with Gasteiger partial charge in [0.1, 0.15) is 12.6 Å². The summed E-state index contributed by atoms with van der Waals surface area (Å²) in [6.45, 7) is 17.8. The van der Waals surface area contributed by atoms with Crippen LogP contribution in [0.1, 0.15) is 160 Å². The summed E-state index contributed by atoms with van der Waals surface area (Å²) < 4.78 is 16.0. The molecule has 22 nitrogen and oxygen atoms in total. The Morgan fingerprint density at radius 3 is 1.38 bits per heavy atom. The first-order valence-corrected chi connectivity index (χ1v) is 35.4. The maximum atomic E-state index is 13.5. The number of pyridine rings is 2. The smallest absolute Gasteiger partial charge is 0.423 e. The van der Waals surface area contributed by atoms with E-state index in [2.05, 4.69) is 78.8 Å². The zero-order chi connectivity index (χ0) is 72.2. The maximum Gasteiger partial charge on any atom is 0.488 e. The van der Waals surface area contributed by atoms with Crippen LogP contribution in [0.4, 0.5) is 11.4 Å². The molecule has 102 heavy (non-hydrogen) atoms. The summed E-state index contributed by atoms with van der Waals surface area (Å²) >= 11 is 3.53. The molecule has 6 aromatic carbocycles. The molecule has 0 saturated carbocycles. The summed E-state index contributed by atoms with van der Waals surface area (Å²) in [6, 6.07) is 39.5. The number of anilines is 2. The van der Waals surface area contributed by atoms with Crippen molar-refractivity contribution in [1.82, 2.24) is 50.8 Å². The summed E-state index contributed by atoms with van der Waals surface area (Å²) in [5.41, 5.74) is 16.4. The topological polar surface area (TPSA) is 295 Å². The van der Waals surface area contributed by atoms with Crippen molar-refractivity contribution in [2.75, 3.05) is 37.1 Å². The van der Waals surface area contributed by atoms with Crippen LogP contribution in [0.25, 0.3) is 33.2 Å². The van der Waals surface area contributed by atoms with Gasteiger partial charge in [0, 0.05) is 138 Å². The van der Waals surface area contributed by atoms with E-state index in [1.54, 1.807) is 66.7 Å². The minimum absolute atomic E-state index is 0.233. The molecular formula is C78H86BBrN12O10. The molecule has 10 aromatic rings. The molecule has 0 spiro atoms. The largest absolute Gasteiger partial charge is 0.488 e. The molecule has 2 saturated heterocycles. The van der Waals surface area contributed by atoms with Crippen LogP contribution in [0.2, 0.25) is 0 Å². The second kappa shape index (κ2) is 35.9. The van der Waals surface area contributed by atoms with E-state index in [9.17, 15) is 28.8 Å². The van der Waals surface area contributed by atoms with Crippen molar-refractivity contribution in [2.45, 2.75) is 131 Å². The highest BCUT2D eigenvalue weighted by Crippen LogP contribution is 2.34. The van der Waals surface area contributed by atoms with Crippen LogP contribution >= 0.6 is 15.9 Å². The highest BCUT2D eigenvalue weighted by Gasteiger charge is 2.26. The average molecular weight is 1440 g/mol. The molecule has 2 aliphatic rings. The summed E-state index contributed by atoms with van der Waals surface area (Å²) in [7, 11) is -1.50. The van der Waals surface area contributed by atoms with E-state index in [0.717, 1.165) is 146 Å². The van der Waals surface area contributed by atoms with Gasteiger partial charge in [0.25, 0.3) is 23.6 Å². The molecule has 6 heterocycles. The maximum absolute atomic E-state index is 13.5. The number of ether oxygens (including phenoxy) is 2. The second-order valence-electron chi connectivity index (χ2n) is 24.9. The third kappa shape index (κ3) is 18.5. The van der Waals surface area contributed by atoms with Crippen molar-refractivity contribution < 1.29 is 48.3 Å². The standard InChI is InChI=1S/C39H42N6O4.C32H37BrN6O3.C7H7BO3/c1-4-35-33(36(43-31-15-17-49-18-16-31)34-23-42-45(5-2)37(34)44-35)22-41-39(48)29-12-7-11-28(20-29)38(47)40-21-30-13-8-14-32(25(30)3)27-10-6-9-26(19-27)24-46;1-4-28-25(29(37-24-12-14-42-15-13-24)26-19-36-39(5-2)30(26)38-28)18-35-32(41)22-9-6-8-21(16-22)31(40)34-17-23-10-7-11-27(33)20(23)3;9-5-6-2-1-3-7(4-6)8(10)11/h6-14,19-20,23-24,31H,4-5,15-18,21-22H2,1-3H3,(H,40,47)(H,41,48)(H,43,44);6-11,16,19,24H,4-5,12-15,17-18H2,1-3H3,(H,34,40)(H,35,41)(H,37,38);1-5,10-11H.